The fraction of sp³-hybridized carbons (Fsp3) is 0.381. The van der Waals surface area contributed by atoms with Crippen LogP contribution in [0, 0.1) is 5.82 Å². The van der Waals surface area contributed by atoms with E-state index in [0.29, 0.717) is 35.5 Å². The van der Waals surface area contributed by atoms with Gasteiger partial charge in [-0.05, 0) is 30.0 Å². The smallest absolute Gasteiger partial charge is 0.275 e. The molecule has 4 rings (SSSR count). The summed E-state index contributed by atoms with van der Waals surface area (Å²) in [5.74, 6) is -0.473. The fourth-order valence-corrected chi connectivity index (χ4v) is 4.28. The number of rotatable bonds is 7. The lowest BCUT2D eigenvalue weighted by Gasteiger charge is -2.19. The molecule has 1 fully saturated rings. The number of hydrogen-bond acceptors (Lipinski definition) is 8. The van der Waals surface area contributed by atoms with Crippen molar-refractivity contribution in [2.24, 2.45) is 0 Å². The molecule has 0 saturated carbocycles. The zero-order valence-corrected chi connectivity index (χ0v) is 18.6. The number of nitrogens with one attached hydrogen (secondary N) is 1. The first-order chi connectivity index (χ1) is 15.5. The van der Waals surface area contributed by atoms with Crippen molar-refractivity contribution in [2.75, 3.05) is 38.8 Å². The van der Waals surface area contributed by atoms with Crippen LogP contribution in [0.4, 0.5) is 10.3 Å². The van der Waals surface area contributed by atoms with Crippen LogP contribution in [0.25, 0.3) is 10.2 Å². The van der Waals surface area contributed by atoms with E-state index < -0.39 is 5.82 Å². The Hall–Kier alpha value is -3.18. The number of carbonyl (C=O) groups excluding carboxylic acids is 2. The number of nitrogens with zero attached hydrogens (tertiary/aromatic N) is 5. The topological polar surface area (TPSA) is 101 Å². The monoisotopic (exact) mass is 458 g/mol. The molecular formula is C21H23FN6O3S. The van der Waals surface area contributed by atoms with E-state index in [4.69, 9.17) is 4.74 Å². The third-order valence-electron chi connectivity index (χ3n) is 5.22. The van der Waals surface area contributed by atoms with E-state index in [1.54, 1.807) is 23.1 Å². The van der Waals surface area contributed by atoms with Crippen LogP contribution in [0.1, 0.15) is 35.4 Å². The van der Waals surface area contributed by atoms with Crippen LogP contribution in [-0.2, 0) is 9.53 Å². The van der Waals surface area contributed by atoms with Crippen LogP contribution in [0.2, 0.25) is 0 Å². The van der Waals surface area contributed by atoms with Gasteiger partial charge in [0, 0.05) is 26.4 Å². The molecule has 1 N–H and O–H groups in total. The minimum absolute atomic E-state index is 0.0500. The van der Waals surface area contributed by atoms with Crippen LogP contribution in [-0.4, -0.2) is 70.0 Å². The summed E-state index contributed by atoms with van der Waals surface area (Å²) in [6.45, 7) is 3.30. The number of thiophene rings is 1. The SMILES string of the molecule is COCCC(=O)N1CCN(C(=O)c2nc(NC(C)c3cncc(F)c3)nc3ccsc23)C1. The lowest BCUT2D eigenvalue weighted by Crippen LogP contribution is -2.34. The summed E-state index contributed by atoms with van der Waals surface area (Å²) in [6, 6.07) is 2.89. The van der Waals surface area contributed by atoms with Gasteiger partial charge in [0.25, 0.3) is 5.91 Å². The predicted molar refractivity (Wildman–Crippen MR) is 118 cm³/mol. The van der Waals surface area contributed by atoms with E-state index in [2.05, 4.69) is 20.3 Å². The molecule has 1 unspecified atom stereocenters. The lowest BCUT2D eigenvalue weighted by atomic mass is 10.1. The number of methoxy groups -OCH3 is 1. The summed E-state index contributed by atoms with van der Waals surface area (Å²) in [4.78, 5) is 41.6. The van der Waals surface area contributed by atoms with Crippen LogP contribution in [0.15, 0.2) is 29.9 Å². The number of halogens is 1. The molecule has 0 bridgehead atoms. The van der Waals surface area contributed by atoms with E-state index in [9.17, 15) is 14.0 Å². The van der Waals surface area contributed by atoms with Crippen LogP contribution in [0.3, 0.4) is 0 Å². The van der Waals surface area contributed by atoms with Crippen molar-refractivity contribution in [3.8, 4) is 0 Å². The zero-order valence-electron chi connectivity index (χ0n) is 17.7. The number of pyridine rings is 1. The first-order valence-electron chi connectivity index (χ1n) is 10.1. The van der Waals surface area contributed by atoms with Gasteiger partial charge < -0.3 is 19.9 Å². The number of hydrogen-bond donors (Lipinski definition) is 1. The first-order valence-corrected chi connectivity index (χ1v) is 11.0. The van der Waals surface area contributed by atoms with Gasteiger partial charge in [-0.15, -0.1) is 11.3 Å². The van der Waals surface area contributed by atoms with Gasteiger partial charge in [0.2, 0.25) is 11.9 Å². The summed E-state index contributed by atoms with van der Waals surface area (Å²) >= 11 is 1.39. The largest absolute Gasteiger partial charge is 0.384 e. The molecule has 11 heteroatoms. The Morgan fingerprint density at radius 1 is 1.28 bits per heavy atom. The standard InChI is InChI=1S/C21H23FN6O3S/c1-13(14-9-15(22)11-23-10-14)24-21-25-16-4-8-32-19(16)18(26-21)20(30)28-6-5-27(12-28)17(29)3-7-31-2/h4,8-11,13H,3,5-7,12H2,1-2H3,(H,24,25,26). The van der Waals surface area contributed by atoms with Crippen LogP contribution in [0.5, 0.6) is 0 Å². The van der Waals surface area contributed by atoms with Crippen LogP contribution < -0.4 is 5.32 Å². The first kappa shape index (κ1) is 22.0. The molecule has 3 aromatic rings. The van der Waals surface area contributed by atoms with Gasteiger partial charge in [0.15, 0.2) is 5.69 Å². The molecule has 0 aromatic carbocycles. The van der Waals surface area contributed by atoms with E-state index in [0.717, 1.165) is 6.20 Å². The minimum Gasteiger partial charge on any atom is -0.384 e. The Morgan fingerprint density at radius 3 is 2.88 bits per heavy atom. The third-order valence-corrected chi connectivity index (χ3v) is 6.13. The highest BCUT2D eigenvalue weighted by Gasteiger charge is 2.30. The van der Waals surface area contributed by atoms with Crippen LogP contribution >= 0.6 is 11.3 Å². The molecule has 1 saturated heterocycles. The van der Waals surface area contributed by atoms with Crippen molar-refractivity contribution in [3.05, 3.63) is 47.0 Å². The van der Waals surface area contributed by atoms with Gasteiger partial charge in [0.1, 0.15) is 5.82 Å². The number of aromatic nitrogens is 3. The highest BCUT2D eigenvalue weighted by Crippen LogP contribution is 2.27. The summed E-state index contributed by atoms with van der Waals surface area (Å²) in [7, 11) is 1.55. The van der Waals surface area contributed by atoms with Gasteiger partial charge in [-0.2, -0.15) is 0 Å². The second-order valence-electron chi connectivity index (χ2n) is 7.44. The van der Waals surface area contributed by atoms with E-state index in [1.807, 2.05) is 18.4 Å². The van der Waals surface area contributed by atoms with Gasteiger partial charge in [0.05, 0.1) is 42.2 Å². The number of carbonyl (C=O) groups is 2. The highest BCUT2D eigenvalue weighted by atomic mass is 32.1. The second-order valence-corrected chi connectivity index (χ2v) is 8.36. The third kappa shape index (κ3) is 4.68. The second kappa shape index (κ2) is 9.53. The van der Waals surface area contributed by atoms with Gasteiger partial charge in [-0.3, -0.25) is 14.6 Å². The Kier molecular flexibility index (Phi) is 6.56. The molecular weight excluding hydrogens is 435 g/mol. The zero-order chi connectivity index (χ0) is 22.7. The lowest BCUT2D eigenvalue weighted by molar-refractivity contribution is -0.131. The van der Waals surface area contributed by atoms with Gasteiger partial charge >= 0.3 is 0 Å². The average molecular weight is 459 g/mol. The predicted octanol–water partition coefficient (Wildman–Crippen LogP) is 2.68. The molecule has 1 aliphatic heterocycles. The maximum atomic E-state index is 13.5. The summed E-state index contributed by atoms with van der Waals surface area (Å²) in [6.07, 6.45) is 2.98. The van der Waals surface area contributed by atoms with Crippen molar-refractivity contribution in [3.63, 3.8) is 0 Å². The van der Waals surface area contributed by atoms with E-state index >= 15 is 0 Å². The molecule has 4 heterocycles. The molecule has 168 valence electrons. The number of amides is 2. The summed E-state index contributed by atoms with van der Waals surface area (Å²) < 4.78 is 19.2. The molecule has 1 aliphatic rings. The Morgan fingerprint density at radius 2 is 2.09 bits per heavy atom. The molecule has 0 aliphatic carbocycles. The fourth-order valence-electron chi connectivity index (χ4n) is 3.47. The Labute approximate surface area is 188 Å². The molecule has 0 radical (unpaired) electrons. The molecule has 9 nitrogen and oxygen atoms in total. The average Bonchev–Trinajstić information content (AvgIpc) is 3.46. The van der Waals surface area contributed by atoms with Crippen molar-refractivity contribution < 1.29 is 18.7 Å². The van der Waals surface area contributed by atoms with Crippen molar-refractivity contribution >= 4 is 39.3 Å². The number of fused-ring (bicyclic) bond motifs is 1. The maximum Gasteiger partial charge on any atom is 0.275 e. The normalized spacial score (nSPS) is 14.7. The summed E-state index contributed by atoms with van der Waals surface area (Å²) in [5.41, 5.74) is 1.56. The molecule has 1 atom stereocenters. The Balaban J connectivity index is 1.54. The summed E-state index contributed by atoms with van der Waals surface area (Å²) in [5, 5.41) is 4.98. The molecule has 0 spiro atoms. The van der Waals surface area contributed by atoms with Gasteiger partial charge in [-0.1, -0.05) is 0 Å². The highest BCUT2D eigenvalue weighted by molar-refractivity contribution is 7.17. The van der Waals surface area contributed by atoms with E-state index in [1.165, 1.54) is 17.4 Å². The molecule has 3 aromatic heterocycles. The quantitative estimate of drug-likeness (QED) is 0.581. The maximum absolute atomic E-state index is 13.5. The van der Waals surface area contributed by atoms with Crippen molar-refractivity contribution in [2.45, 2.75) is 19.4 Å². The van der Waals surface area contributed by atoms with Crippen molar-refractivity contribution in [1.29, 1.82) is 0 Å². The van der Waals surface area contributed by atoms with Gasteiger partial charge in [-0.25, -0.2) is 14.4 Å². The minimum atomic E-state index is -0.431. The molecule has 2 amide bonds. The molecule has 32 heavy (non-hydrogen) atoms. The number of anilines is 1. The Bertz CT molecular complexity index is 1140. The number of ether oxygens (including phenoxy) is 1. The van der Waals surface area contributed by atoms with E-state index in [-0.39, 0.29) is 42.6 Å². The van der Waals surface area contributed by atoms with Crippen molar-refractivity contribution in [1.82, 2.24) is 24.8 Å².